The van der Waals surface area contributed by atoms with Crippen molar-refractivity contribution in [2.45, 2.75) is 63.8 Å². The second kappa shape index (κ2) is 13.2. The SMILES string of the molecule is CC(C(=O)NC1CCCCC1)N(Cc1ccc(Cl)cc1Cl)C(=O)CN(c1ccc(Cl)c(C(F)(F)F)c1)S(C)(=O)=O. The van der Waals surface area contributed by atoms with Gasteiger partial charge < -0.3 is 10.2 Å². The van der Waals surface area contributed by atoms with Crippen molar-refractivity contribution in [2.24, 2.45) is 0 Å². The molecule has 1 N–H and O–H groups in total. The molecule has 3 rings (SSSR count). The Labute approximate surface area is 246 Å². The third kappa shape index (κ3) is 8.41. The number of hydrogen-bond donors (Lipinski definition) is 1. The van der Waals surface area contributed by atoms with Gasteiger partial charge in [0.1, 0.15) is 12.6 Å². The number of halogens is 6. The zero-order valence-electron chi connectivity index (χ0n) is 21.8. The van der Waals surface area contributed by atoms with E-state index in [-0.39, 0.29) is 17.6 Å². The van der Waals surface area contributed by atoms with Gasteiger partial charge in [-0.1, -0.05) is 60.1 Å². The molecule has 2 amide bonds. The standard InChI is InChI=1S/C26H29Cl3F3N3O4S/c1-16(25(37)33-19-6-4-3-5-7-19)34(14-17-8-9-18(27)12-23(17)29)24(36)15-35(40(2,38)39)20-10-11-22(28)21(13-20)26(30,31)32/h8-13,16,19H,3-7,14-15H2,1-2H3,(H,33,37). The van der Waals surface area contributed by atoms with Gasteiger partial charge in [-0.05, 0) is 55.7 Å². The number of nitrogens with one attached hydrogen (secondary N) is 1. The van der Waals surface area contributed by atoms with Crippen LogP contribution in [0.25, 0.3) is 0 Å². The van der Waals surface area contributed by atoms with Crippen LogP contribution >= 0.6 is 34.8 Å². The molecule has 0 bridgehead atoms. The second-order valence-electron chi connectivity index (χ2n) is 9.71. The van der Waals surface area contributed by atoms with Gasteiger partial charge in [0.2, 0.25) is 21.8 Å². The molecular weight excluding hydrogens is 614 g/mol. The lowest BCUT2D eigenvalue weighted by atomic mass is 9.95. The van der Waals surface area contributed by atoms with Crippen molar-refractivity contribution in [1.29, 1.82) is 0 Å². The monoisotopic (exact) mass is 641 g/mol. The van der Waals surface area contributed by atoms with Gasteiger partial charge >= 0.3 is 6.18 Å². The van der Waals surface area contributed by atoms with Gasteiger partial charge in [-0.3, -0.25) is 13.9 Å². The van der Waals surface area contributed by atoms with E-state index in [0.717, 1.165) is 55.4 Å². The summed E-state index contributed by atoms with van der Waals surface area (Å²) in [5, 5.41) is 2.90. The molecule has 2 aromatic carbocycles. The lowest BCUT2D eigenvalue weighted by Gasteiger charge is -2.33. The smallest absolute Gasteiger partial charge is 0.352 e. The minimum absolute atomic E-state index is 0.0536. The van der Waals surface area contributed by atoms with E-state index in [4.69, 9.17) is 34.8 Å². The highest BCUT2D eigenvalue weighted by Gasteiger charge is 2.36. The quantitative estimate of drug-likeness (QED) is 0.348. The molecule has 1 atom stereocenters. The van der Waals surface area contributed by atoms with Crippen molar-refractivity contribution in [1.82, 2.24) is 10.2 Å². The summed E-state index contributed by atoms with van der Waals surface area (Å²) in [5.74, 6) is -1.27. The molecule has 1 aliphatic rings. The molecule has 1 saturated carbocycles. The number of rotatable bonds is 9. The van der Waals surface area contributed by atoms with E-state index in [1.54, 1.807) is 12.1 Å². The van der Waals surface area contributed by atoms with Crippen molar-refractivity contribution in [3.8, 4) is 0 Å². The molecule has 1 aliphatic carbocycles. The van der Waals surface area contributed by atoms with Crippen LogP contribution in [-0.4, -0.2) is 50.0 Å². The first-order valence-corrected chi connectivity index (χ1v) is 15.4. The molecule has 14 heteroatoms. The van der Waals surface area contributed by atoms with E-state index < -0.39 is 56.9 Å². The van der Waals surface area contributed by atoms with Gasteiger partial charge in [-0.2, -0.15) is 13.2 Å². The van der Waals surface area contributed by atoms with Gasteiger partial charge in [0.25, 0.3) is 0 Å². The predicted octanol–water partition coefficient (Wildman–Crippen LogP) is 6.30. The van der Waals surface area contributed by atoms with Gasteiger partial charge in [0.05, 0.1) is 22.5 Å². The third-order valence-electron chi connectivity index (χ3n) is 6.70. The number of nitrogens with zero attached hydrogens (tertiary/aromatic N) is 2. The molecule has 0 radical (unpaired) electrons. The van der Waals surface area contributed by atoms with Crippen LogP contribution in [-0.2, 0) is 32.3 Å². The summed E-state index contributed by atoms with van der Waals surface area (Å²) in [6, 6.07) is 6.02. The van der Waals surface area contributed by atoms with Crippen LogP contribution in [0.15, 0.2) is 36.4 Å². The average molecular weight is 643 g/mol. The van der Waals surface area contributed by atoms with Crippen molar-refractivity contribution >= 4 is 62.3 Å². The fraction of sp³-hybridized carbons (Fsp3) is 0.462. The summed E-state index contributed by atoms with van der Waals surface area (Å²) >= 11 is 18.0. The number of amides is 2. The Morgan fingerprint density at radius 3 is 2.25 bits per heavy atom. The Kier molecular flexibility index (Phi) is 10.6. The van der Waals surface area contributed by atoms with E-state index in [2.05, 4.69) is 5.32 Å². The molecule has 0 spiro atoms. The van der Waals surface area contributed by atoms with Crippen LogP contribution in [0.2, 0.25) is 15.1 Å². The van der Waals surface area contributed by atoms with Crippen LogP contribution in [0.3, 0.4) is 0 Å². The summed E-state index contributed by atoms with van der Waals surface area (Å²) < 4.78 is 66.3. The fourth-order valence-electron chi connectivity index (χ4n) is 4.48. The van der Waals surface area contributed by atoms with E-state index in [0.29, 0.717) is 21.0 Å². The fourth-order valence-corrected chi connectivity index (χ4v) is 6.02. The van der Waals surface area contributed by atoms with E-state index in [1.807, 2.05) is 0 Å². The zero-order chi connectivity index (χ0) is 29.8. The summed E-state index contributed by atoms with van der Waals surface area (Å²) in [6.45, 7) is 0.443. The van der Waals surface area contributed by atoms with Gasteiger partial charge in [0, 0.05) is 22.6 Å². The highest BCUT2D eigenvalue weighted by atomic mass is 35.5. The Balaban J connectivity index is 1.96. The minimum atomic E-state index is -4.86. The Hall–Kier alpha value is -2.21. The first-order valence-electron chi connectivity index (χ1n) is 12.5. The number of carbonyl (C=O) groups excluding carboxylic acids is 2. The Morgan fingerprint density at radius 1 is 1.02 bits per heavy atom. The highest BCUT2D eigenvalue weighted by Crippen LogP contribution is 2.37. The molecule has 1 unspecified atom stereocenters. The molecule has 7 nitrogen and oxygen atoms in total. The number of sulfonamides is 1. The molecule has 0 aromatic heterocycles. The number of hydrogen-bond acceptors (Lipinski definition) is 4. The predicted molar refractivity (Wildman–Crippen MR) is 150 cm³/mol. The van der Waals surface area contributed by atoms with Crippen molar-refractivity contribution < 1.29 is 31.2 Å². The third-order valence-corrected chi connectivity index (χ3v) is 8.75. The molecule has 1 fully saturated rings. The Bertz CT molecular complexity index is 1350. The number of benzene rings is 2. The minimum Gasteiger partial charge on any atom is -0.352 e. The zero-order valence-corrected chi connectivity index (χ0v) is 24.9. The number of carbonyl (C=O) groups is 2. The van der Waals surface area contributed by atoms with E-state index >= 15 is 0 Å². The van der Waals surface area contributed by atoms with Crippen molar-refractivity contribution in [3.63, 3.8) is 0 Å². The first kappa shape index (κ1) is 32.3. The van der Waals surface area contributed by atoms with E-state index in [9.17, 15) is 31.2 Å². The van der Waals surface area contributed by atoms with Crippen molar-refractivity contribution in [2.75, 3.05) is 17.1 Å². The molecule has 0 saturated heterocycles. The lowest BCUT2D eigenvalue weighted by Crippen LogP contribution is -2.53. The highest BCUT2D eigenvalue weighted by molar-refractivity contribution is 7.92. The van der Waals surface area contributed by atoms with Crippen LogP contribution < -0.4 is 9.62 Å². The second-order valence-corrected chi connectivity index (χ2v) is 12.9. The molecule has 0 aliphatic heterocycles. The number of alkyl halides is 3. The van der Waals surface area contributed by atoms with Crippen molar-refractivity contribution in [3.05, 3.63) is 62.6 Å². The first-order chi connectivity index (χ1) is 18.6. The van der Waals surface area contributed by atoms with E-state index in [1.165, 1.54) is 13.0 Å². The molecular formula is C26H29Cl3F3N3O4S. The Morgan fingerprint density at radius 2 is 1.68 bits per heavy atom. The molecule has 40 heavy (non-hydrogen) atoms. The molecule has 2 aromatic rings. The summed E-state index contributed by atoms with van der Waals surface area (Å²) in [5.41, 5.74) is -1.22. The maximum Gasteiger partial charge on any atom is 0.417 e. The molecule has 0 heterocycles. The van der Waals surface area contributed by atoms with Gasteiger partial charge in [0.15, 0.2) is 0 Å². The summed E-state index contributed by atoms with van der Waals surface area (Å²) in [7, 11) is -4.25. The normalized spacial score (nSPS) is 15.4. The summed E-state index contributed by atoms with van der Waals surface area (Å²) in [4.78, 5) is 28.0. The van der Waals surface area contributed by atoms with Crippen LogP contribution in [0, 0.1) is 0 Å². The number of anilines is 1. The summed E-state index contributed by atoms with van der Waals surface area (Å²) in [6.07, 6.45) is 0.513. The molecule has 220 valence electrons. The van der Waals surface area contributed by atoms with Gasteiger partial charge in [-0.25, -0.2) is 8.42 Å². The topological polar surface area (TPSA) is 86.8 Å². The van der Waals surface area contributed by atoms with Crippen LogP contribution in [0.5, 0.6) is 0 Å². The maximum atomic E-state index is 13.7. The lowest BCUT2D eigenvalue weighted by molar-refractivity contribution is -0.139. The average Bonchev–Trinajstić information content (AvgIpc) is 2.86. The maximum absolute atomic E-state index is 13.7. The van der Waals surface area contributed by atoms with Gasteiger partial charge in [-0.15, -0.1) is 0 Å². The largest absolute Gasteiger partial charge is 0.417 e. The van der Waals surface area contributed by atoms with Crippen LogP contribution in [0.4, 0.5) is 18.9 Å². The van der Waals surface area contributed by atoms with Crippen LogP contribution in [0.1, 0.15) is 50.2 Å².